The van der Waals surface area contributed by atoms with Gasteiger partial charge < -0.3 is 5.32 Å². The van der Waals surface area contributed by atoms with E-state index in [9.17, 15) is 13.2 Å². The average molecular weight is 505 g/mol. The van der Waals surface area contributed by atoms with Gasteiger partial charge in [-0.1, -0.05) is 77.3 Å². The summed E-state index contributed by atoms with van der Waals surface area (Å²) in [4.78, 5) is 13.3. The minimum atomic E-state index is -3.95. The normalized spacial score (nSPS) is 12.4. The van der Waals surface area contributed by atoms with Gasteiger partial charge in [-0.15, -0.1) is 0 Å². The molecule has 3 aromatic rings. The van der Waals surface area contributed by atoms with Crippen molar-refractivity contribution < 1.29 is 13.2 Å². The Hall–Kier alpha value is -2.38. The Morgan fingerprint density at radius 3 is 2.18 bits per heavy atom. The lowest BCUT2D eigenvalue weighted by Crippen LogP contribution is -2.48. The van der Waals surface area contributed by atoms with Gasteiger partial charge in [-0.3, -0.25) is 4.79 Å². The summed E-state index contributed by atoms with van der Waals surface area (Å²) in [5.41, 5.74) is 3.75. The molecule has 0 radical (unpaired) electrons. The average Bonchev–Trinajstić information content (AvgIpc) is 2.72. The number of amides is 1. The summed E-state index contributed by atoms with van der Waals surface area (Å²) < 4.78 is 29.3. The van der Waals surface area contributed by atoms with E-state index in [1.54, 1.807) is 32.0 Å². The van der Waals surface area contributed by atoms with Gasteiger partial charge in [0.05, 0.1) is 4.90 Å². The van der Waals surface area contributed by atoms with Crippen molar-refractivity contribution in [1.29, 1.82) is 0 Å². The highest BCUT2D eigenvalue weighted by atomic mass is 35.5. The Kier molecular flexibility index (Phi) is 8.19. The van der Waals surface area contributed by atoms with Gasteiger partial charge in [0.15, 0.2) is 0 Å². The van der Waals surface area contributed by atoms with E-state index >= 15 is 0 Å². The van der Waals surface area contributed by atoms with Crippen molar-refractivity contribution in [3.8, 4) is 0 Å². The Labute approximate surface area is 205 Å². The summed E-state index contributed by atoms with van der Waals surface area (Å²) in [5, 5.41) is 3.72. The van der Waals surface area contributed by atoms with Crippen LogP contribution in [0.15, 0.2) is 65.6 Å². The summed E-state index contributed by atoms with van der Waals surface area (Å²) in [6, 6.07) is 16.9. The fraction of sp³-hybridized carbons (Fsp3) is 0.240. The van der Waals surface area contributed by atoms with Crippen LogP contribution in [0.25, 0.3) is 0 Å². The highest BCUT2D eigenvalue weighted by Crippen LogP contribution is 2.23. The quantitative estimate of drug-likeness (QED) is 0.446. The Morgan fingerprint density at radius 1 is 0.939 bits per heavy atom. The molecule has 174 valence electrons. The maximum Gasteiger partial charge on any atom is 0.241 e. The zero-order valence-corrected chi connectivity index (χ0v) is 21.0. The van der Waals surface area contributed by atoms with Crippen molar-refractivity contribution in [2.75, 3.05) is 0 Å². The van der Waals surface area contributed by atoms with E-state index in [1.165, 1.54) is 0 Å². The van der Waals surface area contributed by atoms with Crippen molar-refractivity contribution in [2.45, 2.75) is 44.7 Å². The van der Waals surface area contributed by atoms with Gasteiger partial charge in [0.2, 0.25) is 15.9 Å². The highest BCUT2D eigenvalue weighted by Gasteiger charge is 2.28. The zero-order valence-electron chi connectivity index (χ0n) is 18.7. The second kappa shape index (κ2) is 10.7. The van der Waals surface area contributed by atoms with E-state index in [-0.39, 0.29) is 17.9 Å². The van der Waals surface area contributed by atoms with Crippen LogP contribution in [0.3, 0.4) is 0 Å². The first-order valence-corrected chi connectivity index (χ1v) is 12.7. The standard InChI is InChI=1S/C25H26Cl2N2O3S/c1-16-11-17(2)24(18(3)12-16)33(31,32)29-23(13-19-7-5-4-6-8-19)25(30)28-15-20-9-10-21(26)14-22(20)27/h4-12,14,23,29H,13,15H2,1-3H3,(H,28,30)/t23-/m1/s1. The van der Waals surface area contributed by atoms with Crippen LogP contribution in [0, 0.1) is 20.8 Å². The van der Waals surface area contributed by atoms with Crippen LogP contribution < -0.4 is 10.0 Å². The molecule has 33 heavy (non-hydrogen) atoms. The molecular formula is C25H26Cl2N2O3S. The van der Waals surface area contributed by atoms with Gasteiger partial charge in [0.25, 0.3) is 0 Å². The first-order valence-electron chi connectivity index (χ1n) is 10.4. The first kappa shape index (κ1) is 25.2. The molecule has 0 bridgehead atoms. The van der Waals surface area contributed by atoms with Crippen molar-refractivity contribution in [3.63, 3.8) is 0 Å². The van der Waals surface area contributed by atoms with Gasteiger partial charge >= 0.3 is 0 Å². The monoisotopic (exact) mass is 504 g/mol. The number of carbonyl (C=O) groups is 1. The van der Waals surface area contributed by atoms with Gasteiger partial charge in [0.1, 0.15) is 6.04 Å². The Balaban J connectivity index is 1.87. The molecule has 0 aromatic heterocycles. The molecule has 0 aliphatic heterocycles. The molecule has 5 nitrogen and oxygen atoms in total. The third kappa shape index (κ3) is 6.58. The zero-order chi connectivity index (χ0) is 24.2. The molecule has 2 N–H and O–H groups in total. The number of benzene rings is 3. The molecule has 8 heteroatoms. The fourth-order valence-electron chi connectivity index (χ4n) is 3.85. The molecule has 1 atom stereocenters. The van der Waals surface area contributed by atoms with Gasteiger partial charge in [-0.2, -0.15) is 4.72 Å². The number of sulfonamides is 1. The van der Waals surface area contributed by atoms with Gasteiger partial charge in [-0.25, -0.2) is 8.42 Å². The molecule has 1 amide bonds. The molecule has 3 aromatic carbocycles. The lowest BCUT2D eigenvalue weighted by atomic mass is 10.1. The topological polar surface area (TPSA) is 75.3 Å². The van der Waals surface area contributed by atoms with E-state index in [2.05, 4.69) is 10.0 Å². The smallest absolute Gasteiger partial charge is 0.241 e. The first-order chi connectivity index (χ1) is 15.6. The molecule has 0 saturated heterocycles. The fourth-order valence-corrected chi connectivity index (χ4v) is 5.97. The summed E-state index contributed by atoms with van der Waals surface area (Å²) in [6.45, 7) is 5.56. The molecule has 3 rings (SSSR count). The van der Waals surface area contributed by atoms with Crippen LogP contribution in [0.2, 0.25) is 10.0 Å². The number of rotatable bonds is 8. The summed E-state index contributed by atoms with van der Waals surface area (Å²) in [6.07, 6.45) is 0.199. The number of nitrogens with one attached hydrogen (secondary N) is 2. The Morgan fingerprint density at radius 2 is 1.58 bits per heavy atom. The molecule has 0 heterocycles. The lowest BCUT2D eigenvalue weighted by molar-refractivity contribution is -0.122. The van der Waals surface area contributed by atoms with Crippen LogP contribution in [0.5, 0.6) is 0 Å². The summed E-state index contributed by atoms with van der Waals surface area (Å²) >= 11 is 12.1. The number of carbonyl (C=O) groups excluding carboxylic acids is 1. The summed E-state index contributed by atoms with van der Waals surface area (Å²) in [5.74, 6) is -0.448. The molecule has 0 aliphatic rings. The molecule has 0 unspecified atom stereocenters. The predicted octanol–water partition coefficient (Wildman–Crippen LogP) is 5.12. The van der Waals surface area contributed by atoms with E-state index in [0.29, 0.717) is 26.7 Å². The van der Waals surface area contributed by atoms with Crippen molar-refractivity contribution in [3.05, 3.63) is 98.5 Å². The van der Waals surface area contributed by atoms with Crippen LogP contribution in [0.1, 0.15) is 27.8 Å². The molecular weight excluding hydrogens is 479 g/mol. The van der Waals surface area contributed by atoms with E-state index < -0.39 is 22.0 Å². The predicted molar refractivity (Wildman–Crippen MR) is 133 cm³/mol. The highest BCUT2D eigenvalue weighted by molar-refractivity contribution is 7.89. The lowest BCUT2D eigenvalue weighted by Gasteiger charge is -2.21. The van der Waals surface area contributed by atoms with Crippen LogP contribution in [-0.2, 0) is 27.8 Å². The number of hydrogen-bond acceptors (Lipinski definition) is 3. The van der Waals surface area contributed by atoms with Crippen molar-refractivity contribution in [1.82, 2.24) is 10.0 Å². The van der Waals surface area contributed by atoms with E-state index in [4.69, 9.17) is 23.2 Å². The van der Waals surface area contributed by atoms with Gasteiger partial charge in [0, 0.05) is 16.6 Å². The van der Waals surface area contributed by atoms with Crippen LogP contribution in [0.4, 0.5) is 0 Å². The third-order valence-electron chi connectivity index (χ3n) is 5.24. The molecule has 0 aliphatic carbocycles. The largest absolute Gasteiger partial charge is 0.351 e. The maximum absolute atomic E-state index is 13.3. The maximum atomic E-state index is 13.3. The SMILES string of the molecule is Cc1cc(C)c(S(=O)(=O)N[C@H](Cc2ccccc2)C(=O)NCc2ccc(Cl)cc2Cl)c(C)c1. The number of aryl methyl sites for hydroxylation is 3. The third-order valence-corrected chi connectivity index (χ3v) is 7.60. The molecule has 0 fully saturated rings. The Bertz CT molecular complexity index is 1240. The van der Waals surface area contributed by atoms with E-state index in [0.717, 1.165) is 11.1 Å². The minimum absolute atomic E-state index is 0.143. The molecule has 0 saturated carbocycles. The number of halogens is 2. The molecule has 0 spiro atoms. The van der Waals surface area contributed by atoms with E-state index in [1.807, 2.05) is 49.4 Å². The van der Waals surface area contributed by atoms with Crippen LogP contribution in [-0.4, -0.2) is 20.4 Å². The minimum Gasteiger partial charge on any atom is -0.351 e. The van der Waals surface area contributed by atoms with Crippen molar-refractivity contribution in [2.24, 2.45) is 0 Å². The number of hydrogen-bond donors (Lipinski definition) is 2. The second-order valence-corrected chi connectivity index (χ2v) is 10.5. The second-order valence-electron chi connectivity index (χ2n) is 8.04. The van der Waals surface area contributed by atoms with Crippen molar-refractivity contribution >= 4 is 39.1 Å². The summed E-state index contributed by atoms with van der Waals surface area (Å²) in [7, 11) is -3.95. The van der Waals surface area contributed by atoms with Crippen LogP contribution >= 0.6 is 23.2 Å². The van der Waals surface area contributed by atoms with Gasteiger partial charge in [-0.05, 0) is 61.6 Å².